The van der Waals surface area contributed by atoms with Crippen LogP contribution in [0.2, 0.25) is 0 Å². The third-order valence-electron chi connectivity index (χ3n) is 1.62. The Bertz CT molecular complexity index is 457. The molecule has 1 heterocycles. The normalized spacial score (nSPS) is 10.2. The lowest BCUT2D eigenvalue weighted by Crippen LogP contribution is -2.00. The molecule has 0 saturated carbocycles. The molecule has 5 heteroatoms. The fourth-order valence-corrected chi connectivity index (χ4v) is 1.28. The van der Waals surface area contributed by atoms with Gasteiger partial charge in [0, 0.05) is 10.0 Å². The van der Waals surface area contributed by atoms with Gasteiger partial charge in [0.05, 0.1) is 0 Å². The van der Waals surface area contributed by atoms with E-state index in [0.717, 1.165) is 10.0 Å². The van der Waals surface area contributed by atoms with E-state index in [2.05, 4.69) is 31.1 Å². The molecule has 0 atom stereocenters. The van der Waals surface area contributed by atoms with Gasteiger partial charge in [-0.1, -0.05) is 28.1 Å². The summed E-state index contributed by atoms with van der Waals surface area (Å²) < 4.78 is 0.995. The van der Waals surface area contributed by atoms with Crippen LogP contribution < -0.4 is 5.69 Å². The van der Waals surface area contributed by atoms with Crippen LogP contribution in [0.15, 0.2) is 33.5 Å². The molecular weight excluding hydrogens is 234 g/mol. The molecule has 13 heavy (non-hydrogen) atoms. The van der Waals surface area contributed by atoms with Gasteiger partial charge in [-0.2, -0.15) is 5.10 Å². The molecule has 0 saturated heterocycles. The average molecular weight is 240 g/mol. The number of hydrogen-bond acceptors (Lipinski definition) is 2. The van der Waals surface area contributed by atoms with Crippen molar-refractivity contribution in [3.05, 3.63) is 39.2 Å². The number of aromatic amines is 2. The summed E-state index contributed by atoms with van der Waals surface area (Å²) in [6, 6.07) is 7.52. The zero-order chi connectivity index (χ0) is 9.26. The second-order valence-corrected chi connectivity index (χ2v) is 3.45. The van der Waals surface area contributed by atoms with E-state index in [4.69, 9.17) is 0 Å². The summed E-state index contributed by atoms with van der Waals surface area (Å²) in [5, 5.41) is 6.12. The Morgan fingerprint density at radius 2 is 1.92 bits per heavy atom. The van der Waals surface area contributed by atoms with Crippen LogP contribution in [0, 0.1) is 0 Å². The van der Waals surface area contributed by atoms with E-state index in [0.29, 0.717) is 5.82 Å². The molecule has 4 nitrogen and oxygen atoms in total. The van der Waals surface area contributed by atoms with Crippen LogP contribution in [-0.2, 0) is 0 Å². The molecule has 0 spiro atoms. The van der Waals surface area contributed by atoms with Crippen molar-refractivity contribution in [1.82, 2.24) is 15.2 Å². The quantitative estimate of drug-likeness (QED) is 0.793. The summed E-state index contributed by atoms with van der Waals surface area (Å²) >= 11 is 3.32. The van der Waals surface area contributed by atoms with Crippen molar-refractivity contribution in [3.8, 4) is 11.4 Å². The van der Waals surface area contributed by atoms with Crippen LogP contribution in [0.5, 0.6) is 0 Å². The number of nitrogens with zero attached hydrogens (tertiary/aromatic N) is 1. The maximum Gasteiger partial charge on any atom is 0.340 e. The third kappa shape index (κ3) is 1.70. The first-order valence-corrected chi connectivity index (χ1v) is 4.45. The minimum Gasteiger partial charge on any atom is -0.289 e. The summed E-state index contributed by atoms with van der Waals surface area (Å²) in [7, 11) is 0. The predicted molar refractivity (Wildman–Crippen MR) is 52.3 cm³/mol. The van der Waals surface area contributed by atoms with Crippen LogP contribution in [0.25, 0.3) is 11.4 Å². The largest absolute Gasteiger partial charge is 0.340 e. The molecule has 0 aliphatic rings. The Morgan fingerprint density at radius 3 is 2.46 bits per heavy atom. The molecule has 2 rings (SSSR count). The first kappa shape index (κ1) is 8.25. The van der Waals surface area contributed by atoms with Crippen molar-refractivity contribution in [2.24, 2.45) is 0 Å². The molecule has 1 aromatic heterocycles. The zero-order valence-corrected chi connectivity index (χ0v) is 8.13. The van der Waals surface area contributed by atoms with Gasteiger partial charge in [-0.05, 0) is 12.1 Å². The number of benzene rings is 1. The summed E-state index contributed by atoms with van der Waals surface area (Å²) in [5.41, 5.74) is 0.583. The topological polar surface area (TPSA) is 61.5 Å². The summed E-state index contributed by atoms with van der Waals surface area (Å²) in [6.07, 6.45) is 0. The van der Waals surface area contributed by atoms with Crippen LogP contribution in [-0.4, -0.2) is 15.2 Å². The molecule has 0 radical (unpaired) electrons. The predicted octanol–water partition coefficient (Wildman–Crippen LogP) is 1.53. The molecule has 1 aromatic carbocycles. The number of halogens is 1. The number of rotatable bonds is 1. The van der Waals surface area contributed by atoms with Crippen molar-refractivity contribution >= 4 is 15.9 Å². The van der Waals surface area contributed by atoms with E-state index < -0.39 is 0 Å². The summed E-state index contributed by atoms with van der Waals surface area (Å²) in [6.45, 7) is 0. The van der Waals surface area contributed by atoms with E-state index in [-0.39, 0.29) is 5.69 Å². The molecule has 66 valence electrons. The Morgan fingerprint density at radius 1 is 1.23 bits per heavy atom. The highest BCUT2D eigenvalue weighted by Crippen LogP contribution is 2.16. The van der Waals surface area contributed by atoms with Crippen LogP contribution in [0.3, 0.4) is 0 Å². The third-order valence-corrected chi connectivity index (χ3v) is 2.15. The Balaban J connectivity index is 2.47. The Labute approximate surface area is 82.1 Å². The lowest BCUT2D eigenvalue weighted by Gasteiger charge is -1.94. The maximum atomic E-state index is 10.7. The van der Waals surface area contributed by atoms with E-state index in [1.807, 2.05) is 24.3 Å². The highest BCUT2D eigenvalue weighted by molar-refractivity contribution is 9.10. The van der Waals surface area contributed by atoms with Crippen molar-refractivity contribution in [1.29, 1.82) is 0 Å². The molecule has 0 amide bonds. The number of aromatic nitrogens is 3. The second kappa shape index (κ2) is 3.18. The van der Waals surface area contributed by atoms with Crippen LogP contribution in [0.4, 0.5) is 0 Å². The SMILES string of the molecule is O=c1[nH]nc(-c2ccc(Br)cc2)[nH]1. The van der Waals surface area contributed by atoms with E-state index in [1.165, 1.54) is 0 Å². The molecule has 2 aromatic rings. The number of hydrogen-bond donors (Lipinski definition) is 2. The van der Waals surface area contributed by atoms with E-state index in [1.54, 1.807) is 0 Å². The smallest absolute Gasteiger partial charge is 0.289 e. The summed E-state index contributed by atoms with van der Waals surface area (Å²) in [5.74, 6) is 0.553. The van der Waals surface area contributed by atoms with E-state index in [9.17, 15) is 4.79 Å². The lowest BCUT2D eigenvalue weighted by atomic mass is 10.2. The van der Waals surface area contributed by atoms with Crippen LogP contribution >= 0.6 is 15.9 Å². The standard InChI is InChI=1S/C8H6BrN3O/c9-6-3-1-5(2-4-6)7-10-8(13)12-11-7/h1-4H,(H2,10,11,12,13). The molecule has 0 unspecified atom stereocenters. The van der Waals surface area contributed by atoms with Gasteiger partial charge in [0.1, 0.15) is 0 Å². The van der Waals surface area contributed by atoms with Gasteiger partial charge < -0.3 is 0 Å². The minimum absolute atomic E-state index is 0.294. The number of H-pyrrole nitrogens is 2. The monoisotopic (exact) mass is 239 g/mol. The first-order chi connectivity index (χ1) is 6.25. The van der Waals surface area contributed by atoms with Gasteiger partial charge in [-0.3, -0.25) is 4.98 Å². The molecule has 2 N–H and O–H groups in total. The van der Waals surface area contributed by atoms with Crippen molar-refractivity contribution < 1.29 is 0 Å². The van der Waals surface area contributed by atoms with Gasteiger partial charge in [0.15, 0.2) is 5.82 Å². The Kier molecular flexibility index (Phi) is 2.02. The highest BCUT2D eigenvalue weighted by atomic mass is 79.9. The molecule has 0 bridgehead atoms. The number of nitrogens with one attached hydrogen (secondary N) is 2. The average Bonchev–Trinajstić information content (AvgIpc) is 2.53. The second-order valence-electron chi connectivity index (χ2n) is 2.53. The van der Waals surface area contributed by atoms with Crippen molar-refractivity contribution in [3.63, 3.8) is 0 Å². The van der Waals surface area contributed by atoms with Gasteiger partial charge >= 0.3 is 5.69 Å². The van der Waals surface area contributed by atoms with Crippen LogP contribution in [0.1, 0.15) is 0 Å². The first-order valence-electron chi connectivity index (χ1n) is 3.66. The highest BCUT2D eigenvalue weighted by Gasteiger charge is 2.00. The molecule has 0 aliphatic carbocycles. The lowest BCUT2D eigenvalue weighted by molar-refractivity contribution is 1.05. The summed E-state index contributed by atoms with van der Waals surface area (Å²) in [4.78, 5) is 13.3. The fourth-order valence-electron chi connectivity index (χ4n) is 1.01. The Hall–Kier alpha value is -1.36. The zero-order valence-electron chi connectivity index (χ0n) is 6.54. The van der Waals surface area contributed by atoms with Gasteiger partial charge in [0.25, 0.3) is 0 Å². The van der Waals surface area contributed by atoms with Gasteiger partial charge in [-0.15, -0.1) is 0 Å². The minimum atomic E-state index is -0.294. The van der Waals surface area contributed by atoms with Crippen molar-refractivity contribution in [2.75, 3.05) is 0 Å². The van der Waals surface area contributed by atoms with Gasteiger partial charge in [-0.25, -0.2) is 9.89 Å². The molecule has 0 aliphatic heterocycles. The molecular formula is C8H6BrN3O. The fraction of sp³-hybridized carbons (Fsp3) is 0. The van der Waals surface area contributed by atoms with Crippen molar-refractivity contribution in [2.45, 2.75) is 0 Å². The van der Waals surface area contributed by atoms with Gasteiger partial charge in [0.2, 0.25) is 0 Å². The maximum absolute atomic E-state index is 10.7. The molecule has 0 fully saturated rings. The van der Waals surface area contributed by atoms with E-state index >= 15 is 0 Å².